The number of carbonyl (C=O) groups excluding carboxylic acids is 1. The normalized spacial score (nSPS) is 11.0. The van der Waals surface area contributed by atoms with E-state index in [0.29, 0.717) is 24.3 Å². The molecule has 27 heavy (non-hydrogen) atoms. The third kappa shape index (κ3) is 4.13. The molecule has 0 aliphatic rings. The van der Waals surface area contributed by atoms with E-state index in [1.807, 2.05) is 38.1 Å². The van der Waals surface area contributed by atoms with E-state index >= 15 is 0 Å². The first kappa shape index (κ1) is 18.6. The summed E-state index contributed by atoms with van der Waals surface area (Å²) in [7, 11) is 1.60. The van der Waals surface area contributed by atoms with Crippen LogP contribution in [0.25, 0.3) is 11.2 Å². The van der Waals surface area contributed by atoms with Crippen LogP contribution in [-0.4, -0.2) is 27.6 Å². The number of pyridine rings is 1. The van der Waals surface area contributed by atoms with E-state index in [2.05, 4.69) is 15.3 Å². The number of carbonyl (C=O) groups is 1. The first-order chi connectivity index (χ1) is 13.0. The first-order valence-corrected chi connectivity index (χ1v) is 8.76. The van der Waals surface area contributed by atoms with Gasteiger partial charge in [0.25, 0.3) is 11.5 Å². The molecule has 7 heteroatoms. The Morgan fingerprint density at radius 1 is 1.22 bits per heavy atom. The van der Waals surface area contributed by atoms with Crippen molar-refractivity contribution in [3.05, 3.63) is 64.2 Å². The molecule has 0 aliphatic heterocycles. The smallest absolute Gasteiger partial charge is 0.283 e. The number of fused-ring (bicyclic) bond motifs is 1. The molecule has 140 valence electrons. The Kier molecular flexibility index (Phi) is 5.49. The van der Waals surface area contributed by atoms with Crippen LogP contribution in [-0.2, 0) is 13.1 Å². The van der Waals surface area contributed by atoms with Crippen LogP contribution in [0.5, 0.6) is 5.75 Å². The maximum atomic E-state index is 12.8. The molecular formula is C20H22N4O3. The summed E-state index contributed by atoms with van der Waals surface area (Å²) in [5.74, 6) is 0.468. The molecule has 0 unspecified atom stereocenters. The number of hydrogen-bond donors (Lipinski definition) is 1. The minimum absolute atomic E-state index is 0.121. The average Bonchev–Trinajstić information content (AvgIpc) is 2.68. The molecule has 0 aliphatic carbocycles. The van der Waals surface area contributed by atoms with Gasteiger partial charge in [0, 0.05) is 19.3 Å². The van der Waals surface area contributed by atoms with Crippen molar-refractivity contribution in [2.45, 2.75) is 26.9 Å². The van der Waals surface area contributed by atoms with Crippen LogP contribution >= 0.6 is 0 Å². The Balaban J connectivity index is 1.89. The van der Waals surface area contributed by atoms with Gasteiger partial charge in [-0.2, -0.15) is 0 Å². The quantitative estimate of drug-likeness (QED) is 0.724. The van der Waals surface area contributed by atoms with Gasteiger partial charge in [0.1, 0.15) is 11.3 Å². The fraction of sp³-hybridized carbons (Fsp3) is 0.300. The summed E-state index contributed by atoms with van der Waals surface area (Å²) >= 11 is 0. The van der Waals surface area contributed by atoms with Crippen LogP contribution < -0.4 is 15.6 Å². The van der Waals surface area contributed by atoms with Crippen molar-refractivity contribution in [1.82, 2.24) is 19.9 Å². The third-order valence-electron chi connectivity index (χ3n) is 4.08. The Labute approximate surface area is 157 Å². The monoisotopic (exact) mass is 366 g/mol. The van der Waals surface area contributed by atoms with Crippen molar-refractivity contribution in [2.75, 3.05) is 7.11 Å². The Bertz CT molecular complexity index is 1010. The van der Waals surface area contributed by atoms with Crippen LogP contribution in [0.15, 0.2) is 47.4 Å². The minimum Gasteiger partial charge on any atom is -0.497 e. The highest BCUT2D eigenvalue weighted by atomic mass is 16.5. The van der Waals surface area contributed by atoms with Gasteiger partial charge in [0.2, 0.25) is 0 Å². The highest BCUT2D eigenvalue weighted by Gasteiger charge is 2.18. The lowest BCUT2D eigenvalue weighted by molar-refractivity contribution is 0.0944. The van der Waals surface area contributed by atoms with Gasteiger partial charge in [-0.15, -0.1) is 0 Å². The van der Waals surface area contributed by atoms with E-state index in [4.69, 9.17) is 4.74 Å². The Morgan fingerprint density at radius 3 is 2.63 bits per heavy atom. The summed E-state index contributed by atoms with van der Waals surface area (Å²) in [5, 5.41) is 2.76. The fourth-order valence-corrected chi connectivity index (χ4v) is 2.77. The number of amides is 1. The van der Waals surface area contributed by atoms with E-state index in [9.17, 15) is 9.59 Å². The molecule has 2 heterocycles. The molecule has 0 radical (unpaired) electrons. The fourth-order valence-electron chi connectivity index (χ4n) is 2.77. The van der Waals surface area contributed by atoms with Crippen molar-refractivity contribution in [2.24, 2.45) is 5.92 Å². The number of benzene rings is 1. The van der Waals surface area contributed by atoms with Crippen LogP contribution in [0, 0.1) is 5.92 Å². The zero-order chi connectivity index (χ0) is 19.4. The molecule has 1 N–H and O–H groups in total. The molecule has 2 aromatic heterocycles. The van der Waals surface area contributed by atoms with Crippen molar-refractivity contribution in [3.63, 3.8) is 0 Å². The number of hydrogen-bond acceptors (Lipinski definition) is 5. The molecule has 0 saturated heterocycles. The predicted octanol–water partition coefficient (Wildman–Crippen LogP) is 2.39. The largest absolute Gasteiger partial charge is 0.497 e. The maximum absolute atomic E-state index is 12.8. The first-order valence-electron chi connectivity index (χ1n) is 8.76. The number of aromatic nitrogens is 3. The van der Waals surface area contributed by atoms with Gasteiger partial charge < -0.3 is 10.1 Å². The second kappa shape index (κ2) is 7.99. The molecular weight excluding hydrogens is 344 g/mol. The minimum atomic E-state index is -0.501. The summed E-state index contributed by atoms with van der Waals surface area (Å²) in [6, 6.07) is 10.8. The number of nitrogens with zero attached hydrogens (tertiary/aromatic N) is 3. The summed E-state index contributed by atoms with van der Waals surface area (Å²) in [4.78, 5) is 34.0. The average molecular weight is 366 g/mol. The lowest BCUT2D eigenvalue weighted by atomic mass is 10.2. The van der Waals surface area contributed by atoms with Gasteiger partial charge in [-0.25, -0.2) is 9.97 Å². The molecule has 0 spiro atoms. The molecule has 1 amide bonds. The zero-order valence-electron chi connectivity index (χ0n) is 15.6. The third-order valence-corrected chi connectivity index (χ3v) is 4.08. The van der Waals surface area contributed by atoms with E-state index in [1.165, 1.54) is 4.57 Å². The Morgan fingerprint density at radius 2 is 1.96 bits per heavy atom. The molecule has 7 nitrogen and oxygen atoms in total. The number of rotatable bonds is 6. The van der Waals surface area contributed by atoms with Gasteiger partial charge >= 0.3 is 0 Å². The predicted molar refractivity (Wildman–Crippen MR) is 103 cm³/mol. The topological polar surface area (TPSA) is 86.1 Å². The molecule has 0 fully saturated rings. The molecule has 3 aromatic rings. The van der Waals surface area contributed by atoms with Gasteiger partial charge in [0.15, 0.2) is 11.3 Å². The number of ether oxygens (including phenoxy) is 1. The zero-order valence-corrected chi connectivity index (χ0v) is 15.6. The van der Waals surface area contributed by atoms with Crippen LogP contribution in [0.3, 0.4) is 0 Å². The second-order valence-electron chi connectivity index (χ2n) is 6.65. The van der Waals surface area contributed by atoms with Gasteiger partial charge in [-0.3, -0.25) is 14.2 Å². The van der Waals surface area contributed by atoms with E-state index in [0.717, 1.165) is 11.3 Å². The molecule has 3 rings (SSSR count). The maximum Gasteiger partial charge on any atom is 0.283 e. The summed E-state index contributed by atoms with van der Waals surface area (Å²) in [5.41, 5.74) is 1.36. The molecule has 0 atom stereocenters. The van der Waals surface area contributed by atoms with Gasteiger partial charge in [-0.05, 0) is 35.7 Å². The lowest BCUT2D eigenvalue weighted by Crippen LogP contribution is -2.35. The molecule has 0 saturated carbocycles. The van der Waals surface area contributed by atoms with Crippen LogP contribution in [0.2, 0.25) is 0 Å². The summed E-state index contributed by atoms with van der Waals surface area (Å²) < 4.78 is 6.64. The lowest BCUT2D eigenvalue weighted by Gasteiger charge is -2.13. The van der Waals surface area contributed by atoms with Crippen LogP contribution in [0.4, 0.5) is 0 Å². The summed E-state index contributed by atoms with van der Waals surface area (Å²) in [6.45, 7) is 4.77. The van der Waals surface area contributed by atoms with Crippen molar-refractivity contribution < 1.29 is 9.53 Å². The highest BCUT2D eigenvalue weighted by Crippen LogP contribution is 2.12. The second-order valence-corrected chi connectivity index (χ2v) is 6.65. The highest BCUT2D eigenvalue weighted by molar-refractivity contribution is 5.93. The van der Waals surface area contributed by atoms with Crippen molar-refractivity contribution >= 4 is 17.1 Å². The summed E-state index contributed by atoms with van der Waals surface area (Å²) in [6.07, 6.45) is 1.61. The van der Waals surface area contributed by atoms with Crippen LogP contribution in [0.1, 0.15) is 29.9 Å². The standard InChI is InChI=1S/C20H22N4O3/c1-13(2)12-24-18-16(5-4-10-21-18)23-17(20(24)26)19(25)22-11-14-6-8-15(27-3)9-7-14/h4-10,13H,11-12H2,1-3H3,(H,22,25). The van der Waals surface area contributed by atoms with Gasteiger partial charge in [0.05, 0.1) is 7.11 Å². The van der Waals surface area contributed by atoms with E-state index in [1.54, 1.807) is 25.4 Å². The molecule has 0 bridgehead atoms. The SMILES string of the molecule is COc1ccc(CNC(=O)c2nc3cccnc3n(CC(C)C)c2=O)cc1. The number of methoxy groups -OCH3 is 1. The Hall–Kier alpha value is -3.22. The van der Waals surface area contributed by atoms with Crippen molar-refractivity contribution in [1.29, 1.82) is 0 Å². The van der Waals surface area contributed by atoms with Crippen molar-refractivity contribution in [3.8, 4) is 5.75 Å². The van der Waals surface area contributed by atoms with E-state index < -0.39 is 11.5 Å². The number of nitrogens with one attached hydrogen (secondary N) is 1. The molecule has 1 aromatic carbocycles. The van der Waals surface area contributed by atoms with Gasteiger partial charge in [-0.1, -0.05) is 26.0 Å². The van der Waals surface area contributed by atoms with E-state index in [-0.39, 0.29) is 11.6 Å².